The van der Waals surface area contributed by atoms with Crippen molar-refractivity contribution >= 4 is 12.2 Å². The van der Waals surface area contributed by atoms with E-state index in [4.69, 9.17) is 17.0 Å². The van der Waals surface area contributed by atoms with Crippen molar-refractivity contribution in [1.29, 1.82) is 0 Å². The van der Waals surface area contributed by atoms with Gasteiger partial charge in [-0.2, -0.15) is 0 Å². The molecule has 3 rings (SSSR count). The van der Waals surface area contributed by atoms with Crippen molar-refractivity contribution < 1.29 is 4.74 Å². The Morgan fingerprint density at radius 2 is 2.27 bits per heavy atom. The largest absolute Gasteiger partial charge is 0.370 e. The number of hydrogen-bond acceptors (Lipinski definition) is 3. The van der Waals surface area contributed by atoms with Crippen molar-refractivity contribution in [2.45, 2.75) is 37.7 Å². The molecule has 1 aromatic heterocycles. The highest BCUT2D eigenvalue weighted by Crippen LogP contribution is 2.39. The average Bonchev–Trinajstić information content (AvgIpc) is 2.93. The van der Waals surface area contributed by atoms with Crippen LogP contribution in [0.2, 0.25) is 0 Å². The van der Waals surface area contributed by atoms with E-state index in [9.17, 15) is 0 Å². The van der Waals surface area contributed by atoms with Crippen LogP contribution in [0.1, 0.15) is 49.2 Å². The van der Waals surface area contributed by atoms with Crippen LogP contribution < -0.4 is 0 Å². The Morgan fingerprint density at radius 3 is 2.93 bits per heavy atom. The van der Waals surface area contributed by atoms with Gasteiger partial charge in [-0.15, -0.1) is 0 Å². The third kappa shape index (κ3) is 1.96. The quantitative estimate of drug-likeness (QED) is 0.782. The fraction of sp³-hybridized carbons (Fsp3) is 0.636. The summed E-state index contributed by atoms with van der Waals surface area (Å²) < 4.78 is 6.30. The molecule has 0 aromatic carbocycles. The van der Waals surface area contributed by atoms with Crippen LogP contribution in [0.5, 0.6) is 0 Å². The molecule has 4 heteroatoms. The van der Waals surface area contributed by atoms with E-state index >= 15 is 0 Å². The molecule has 0 amide bonds. The molecular formula is C11H14N2OS. The fourth-order valence-corrected chi connectivity index (χ4v) is 2.28. The molecule has 1 atom stereocenters. The van der Waals surface area contributed by atoms with Gasteiger partial charge in [-0.3, -0.25) is 0 Å². The minimum Gasteiger partial charge on any atom is -0.370 e. The predicted molar refractivity (Wildman–Crippen MR) is 59.3 cm³/mol. The van der Waals surface area contributed by atoms with E-state index in [0.717, 1.165) is 25.3 Å². The third-order valence-corrected chi connectivity index (χ3v) is 3.24. The van der Waals surface area contributed by atoms with Gasteiger partial charge in [0.15, 0.2) is 0 Å². The van der Waals surface area contributed by atoms with E-state index in [1.54, 1.807) is 0 Å². The van der Waals surface area contributed by atoms with Crippen molar-refractivity contribution in [3.05, 3.63) is 22.2 Å². The molecule has 1 saturated heterocycles. The van der Waals surface area contributed by atoms with Gasteiger partial charge in [0.25, 0.3) is 0 Å². The van der Waals surface area contributed by atoms with E-state index < -0.39 is 0 Å². The molecule has 1 N–H and O–H groups in total. The minimum atomic E-state index is 0.144. The number of nitrogens with zero attached hydrogens (tertiary/aromatic N) is 1. The highest BCUT2D eigenvalue weighted by atomic mass is 32.1. The Balaban J connectivity index is 1.95. The van der Waals surface area contributed by atoms with Crippen LogP contribution in [0.3, 0.4) is 0 Å². The van der Waals surface area contributed by atoms with E-state index in [1.165, 1.54) is 18.5 Å². The summed E-state index contributed by atoms with van der Waals surface area (Å²) in [6, 6.07) is 1.99. The third-order valence-electron chi connectivity index (χ3n) is 3.03. The lowest BCUT2D eigenvalue weighted by Crippen LogP contribution is -2.05. The van der Waals surface area contributed by atoms with Gasteiger partial charge in [-0.1, -0.05) is 12.2 Å². The zero-order valence-corrected chi connectivity index (χ0v) is 9.35. The molecule has 0 radical (unpaired) electrons. The van der Waals surface area contributed by atoms with Crippen molar-refractivity contribution in [2.75, 3.05) is 6.61 Å². The Hall–Kier alpha value is -0.740. The van der Waals surface area contributed by atoms with Gasteiger partial charge in [0.1, 0.15) is 16.6 Å². The maximum Gasteiger partial charge on any atom is 0.137 e. The average molecular weight is 222 g/mol. The summed E-state index contributed by atoms with van der Waals surface area (Å²) in [6.45, 7) is 0.848. The molecular weight excluding hydrogens is 208 g/mol. The number of rotatable bonds is 2. The number of aromatic amines is 1. The van der Waals surface area contributed by atoms with Crippen LogP contribution in [0.15, 0.2) is 6.07 Å². The lowest BCUT2D eigenvalue weighted by atomic mass is 10.2. The van der Waals surface area contributed by atoms with Crippen LogP contribution in [0.25, 0.3) is 0 Å². The summed E-state index contributed by atoms with van der Waals surface area (Å²) in [5.41, 5.74) is 1.25. The van der Waals surface area contributed by atoms with Crippen LogP contribution >= 0.6 is 12.2 Å². The summed E-state index contributed by atoms with van der Waals surface area (Å²) in [5.74, 6) is 1.62. The highest BCUT2D eigenvalue weighted by Gasteiger charge is 2.26. The number of nitrogens with one attached hydrogen (secondary N) is 1. The number of aromatic nitrogens is 2. The van der Waals surface area contributed by atoms with Gasteiger partial charge in [-0.05, 0) is 37.7 Å². The van der Waals surface area contributed by atoms with E-state index in [1.807, 2.05) is 6.07 Å². The minimum absolute atomic E-state index is 0.144. The van der Waals surface area contributed by atoms with Crippen molar-refractivity contribution in [3.63, 3.8) is 0 Å². The first-order valence-corrected chi connectivity index (χ1v) is 5.96. The van der Waals surface area contributed by atoms with E-state index in [-0.39, 0.29) is 6.10 Å². The lowest BCUT2D eigenvalue weighted by molar-refractivity contribution is 0.105. The SMILES string of the molecule is S=c1cc(C2CC2)[nH]c(C2CCCO2)n1. The number of hydrogen-bond donors (Lipinski definition) is 1. The Kier molecular flexibility index (Phi) is 2.33. The van der Waals surface area contributed by atoms with Gasteiger partial charge in [0, 0.05) is 12.3 Å². The number of H-pyrrole nitrogens is 1. The maximum absolute atomic E-state index is 5.61. The van der Waals surface area contributed by atoms with Gasteiger partial charge in [0.05, 0.1) is 0 Å². The van der Waals surface area contributed by atoms with Crippen LogP contribution in [-0.2, 0) is 4.74 Å². The maximum atomic E-state index is 5.61. The second-order valence-electron chi connectivity index (χ2n) is 4.34. The van der Waals surface area contributed by atoms with E-state index in [0.29, 0.717) is 10.6 Å². The molecule has 2 fully saturated rings. The first kappa shape index (κ1) is 9.48. The van der Waals surface area contributed by atoms with Gasteiger partial charge >= 0.3 is 0 Å². The smallest absolute Gasteiger partial charge is 0.137 e. The molecule has 15 heavy (non-hydrogen) atoms. The fourth-order valence-electron chi connectivity index (χ4n) is 2.06. The molecule has 0 bridgehead atoms. The van der Waals surface area contributed by atoms with E-state index in [2.05, 4.69) is 9.97 Å². The molecule has 2 aliphatic rings. The molecule has 2 heterocycles. The predicted octanol–water partition coefficient (Wildman–Crippen LogP) is 2.87. The number of ether oxygens (including phenoxy) is 1. The summed E-state index contributed by atoms with van der Waals surface area (Å²) in [7, 11) is 0. The highest BCUT2D eigenvalue weighted by molar-refractivity contribution is 7.71. The summed E-state index contributed by atoms with van der Waals surface area (Å²) in [5, 5.41) is 0. The Bertz CT molecular complexity index is 419. The standard InChI is InChI=1S/C11H14N2OS/c15-10-6-8(7-3-4-7)12-11(13-10)9-2-1-5-14-9/h6-7,9H,1-5H2,(H,12,13,15). The monoisotopic (exact) mass is 222 g/mol. The summed E-state index contributed by atoms with van der Waals surface area (Å²) in [4.78, 5) is 7.75. The van der Waals surface area contributed by atoms with Crippen LogP contribution in [0.4, 0.5) is 0 Å². The molecule has 0 spiro atoms. The summed E-state index contributed by atoms with van der Waals surface area (Å²) >= 11 is 5.18. The molecule has 80 valence electrons. The molecule has 1 unspecified atom stereocenters. The van der Waals surface area contributed by atoms with Crippen molar-refractivity contribution in [1.82, 2.24) is 9.97 Å². The molecule has 1 aliphatic heterocycles. The Morgan fingerprint density at radius 1 is 1.40 bits per heavy atom. The van der Waals surface area contributed by atoms with Gasteiger partial charge in [-0.25, -0.2) is 4.98 Å². The normalized spacial score (nSPS) is 25.7. The van der Waals surface area contributed by atoms with Gasteiger partial charge < -0.3 is 9.72 Å². The molecule has 3 nitrogen and oxygen atoms in total. The second kappa shape index (κ2) is 3.68. The first-order chi connectivity index (χ1) is 7.33. The summed E-state index contributed by atoms with van der Waals surface area (Å²) in [6.07, 6.45) is 4.89. The van der Waals surface area contributed by atoms with Crippen LogP contribution in [0, 0.1) is 4.64 Å². The van der Waals surface area contributed by atoms with Crippen molar-refractivity contribution in [2.24, 2.45) is 0 Å². The molecule has 1 aliphatic carbocycles. The lowest BCUT2D eigenvalue weighted by Gasteiger charge is -2.10. The van der Waals surface area contributed by atoms with Gasteiger partial charge in [0.2, 0.25) is 0 Å². The zero-order chi connectivity index (χ0) is 10.3. The zero-order valence-electron chi connectivity index (χ0n) is 8.53. The Labute approximate surface area is 93.9 Å². The molecule has 1 aromatic rings. The second-order valence-corrected chi connectivity index (χ2v) is 4.75. The first-order valence-electron chi connectivity index (χ1n) is 5.56. The van der Waals surface area contributed by atoms with Crippen LogP contribution in [-0.4, -0.2) is 16.6 Å². The van der Waals surface area contributed by atoms with Crippen molar-refractivity contribution in [3.8, 4) is 0 Å². The molecule has 1 saturated carbocycles. The topological polar surface area (TPSA) is 37.9 Å².